The van der Waals surface area contributed by atoms with Crippen LogP contribution in [-0.4, -0.2) is 79.7 Å². The Morgan fingerprint density at radius 2 is 1.89 bits per heavy atom. The van der Waals surface area contributed by atoms with Gasteiger partial charge in [-0.15, -0.1) is 0 Å². The van der Waals surface area contributed by atoms with Crippen molar-refractivity contribution in [2.45, 2.75) is 95.0 Å². The number of benzene rings is 1. The average molecular weight is 654 g/mol. The van der Waals surface area contributed by atoms with E-state index in [0.717, 1.165) is 24.8 Å². The van der Waals surface area contributed by atoms with Crippen molar-refractivity contribution in [3.63, 3.8) is 0 Å². The first-order chi connectivity index (χ1) is 21.8. The van der Waals surface area contributed by atoms with Crippen molar-refractivity contribution in [1.29, 1.82) is 0 Å². The number of nitrogens with one attached hydrogen (secondary N) is 2. The molecule has 1 aliphatic carbocycles. The Morgan fingerprint density at radius 1 is 1.13 bits per heavy atom. The van der Waals surface area contributed by atoms with Gasteiger partial charge in [0.1, 0.15) is 34.5 Å². The number of carbonyl (C=O) groups is 4. The van der Waals surface area contributed by atoms with Crippen molar-refractivity contribution in [2.75, 3.05) is 6.54 Å². The number of carboxylic acid groups (broad SMARTS) is 1. The molecule has 1 saturated heterocycles. The monoisotopic (exact) mass is 653 g/mol. The van der Waals surface area contributed by atoms with Crippen LogP contribution in [0.5, 0.6) is 5.88 Å². The van der Waals surface area contributed by atoms with Crippen LogP contribution in [0.3, 0.4) is 0 Å². The lowest BCUT2D eigenvalue weighted by molar-refractivity contribution is -0.145. The molecule has 0 radical (unpaired) electrons. The molecule has 3 amide bonds. The quantitative estimate of drug-likeness (QED) is 0.311. The number of carboxylic acids is 1. The highest BCUT2D eigenvalue weighted by atomic mass is 35.5. The molecule has 2 aliphatic heterocycles. The number of hydrogen-bond donors (Lipinski definition) is 3. The number of rotatable bonds is 5. The minimum Gasteiger partial charge on any atom is -0.479 e. The number of nitrogens with zero attached hydrogens (tertiary/aromatic N) is 3. The number of fused-ring (bicyclic) bond motifs is 2. The molecule has 46 heavy (non-hydrogen) atoms. The number of amides is 3. The summed E-state index contributed by atoms with van der Waals surface area (Å²) in [6.45, 7) is 5.18. The highest BCUT2D eigenvalue weighted by molar-refractivity contribution is 6.29. The summed E-state index contributed by atoms with van der Waals surface area (Å²) in [6.07, 6.45) is 6.05. The van der Waals surface area contributed by atoms with E-state index in [4.69, 9.17) is 21.1 Å². The number of halogens is 1. The Labute approximate surface area is 272 Å². The second-order valence-electron chi connectivity index (χ2n) is 13.0. The largest absolute Gasteiger partial charge is 0.479 e. The van der Waals surface area contributed by atoms with Crippen LogP contribution in [0, 0.1) is 5.92 Å². The first-order valence-electron chi connectivity index (χ1n) is 15.6. The molecule has 0 spiro atoms. The van der Waals surface area contributed by atoms with E-state index in [-0.39, 0.29) is 36.3 Å². The van der Waals surface area contributed by atoms with Gasteiger partial charge >= 0.3 is 12.1 Å². The minimum absolute atomic E-state index is 0.00485. The molecule has 12 nitrogen and oxygen atoms in total. The fourth-order valence-corrected chi connectivity index (χ4v) is 6.11. The second-order valence-corrected chi connectivity index (χ2v) is 13.4. The fourth-order valence-electron chi connectivity index (χ4n) is 5.94. The summed E-state index contributed by atoms with van der Waals surface area (Å²) in [5, 5.41) is 15.7. The predicted molar refractivity (Wildman–Crippen MR) is 169 cm³/mol. The first-order valence-corrected chi connectivity index (χ1v) is 16.0. The zero-order valence-corrected chi connectivity index (χ0v) is 27.0. The minimum atomic E-state index is -1.44. The Morgan fingerprint density at radius 3 is 2.61 bits per heavy atom. The van der Waals surface area contributed by atoms with Crippen LogP contribution in [0.25, 0.3) is 11.4 Å². The van der Waals surface area contributed by atoms with E-state index >= 15 is 0 Å². The Bertz CT molecular complexity index is 1500. The average Bonchev–Trinajstić information content (AvgIpc) is 3.52. The van der Waals surface area contributed by atoms with Gasteiger partial charge in [0.25, 0.3) is 0 Å². The molecule has 1 saturated carbocycles. The van der Waals surface area contributed by atoms with Crippen LogP contribution < -0.4 is 15.4 Å². The Balaban J connectivity index is 1.43. The van der Waals surface area contributed by atoms with Crippen LogP contribution in [0.1, 0.15) is 65.7 Å². The molecule has 246 valence electrons. The molecule has 13 heteroatoms. The van der Waals surface area contributed by atoms with Crippen LogP contribution in [0.15, 0.2) is 48.6 Å². The highest BCUT2D eigenvalue weighted by Gasteiger charge is 2.61. The van der Waals surface area contributed by atoms with Gasteiger partial charge in [0.15, 0.2) is 5.82 Å². The molecule has 2 fully saturated rings. The molecule has 1 aromatic heterocycles. The third kappa shape index (κ3) is 7.96. The number of ether oxygens (including phenoxy) is 2. The van der Waals surface area contributed by atoms with Crippen LogP contribution in [0.4, 0.5) is 4.79 Å². The second kappa shape index (κ2) is 13.7. The standard InChI is InChI=1S/C33H40ClN5O7/c1-32(2,3)46-31(44)35-23-15-11-6-4-5-10-14-21-18-33(21,30(42)43)38-28(40)24-16-22(19-39(24)29(23)41)45-26-17-25(34)36-27(37-26)20-12-8-7-9-13-20/h7-10,12-14,17,21-24H,4-6,11,15-16,18-19H2,1-3H3,(H,35,44)(H,38,40)(H,42,43)/b14-10-/t21-,22+,23-,24-,33+/m0/s1. The number of aliphatic carboxylic acids is 1. The lowest BCUT2D eigenvalue weighted by Crippen LogP contribution is -2.56. The summed E-state index contributed by atoms with van der Waals surface area (Å²) < 4.78 is 11.6. The van der Waals surface area contributed by atoms with E-state index in [1.54, 1.807) is 20.8 Å². The molecule has 5 atom stereocenters. The summed E-state index contributed by atoms with van der Waals surface area (Å²) in [4.78, 5) is 63.3. The summed E-state index contributed by atoms with van der Waals surface area (Å²) in [7, 11) is 0. The van der Waals surface area contributed by atoms with Gasteiger partial charge in [0, 0.05) is 24.0 Å². The van der Waals surface area contributed by atoms with Crippen LogP contribution >= 0.6 is 11.6 Å². The molecule has 2 aromatic rings. The molecular formula is C33H40ClN5O7. The van der Waals surface area contributed by atoms with E-state index in [0.29, 0.717) is 18.7 Å². The third-order valence-corrected chi connectivity index (χ3v) is 8.50. The highest BCUT2D eigenvalue weighted by Crippen LogP contribution is 2.45. The van der Waals surface area contributed by atoms with E-state index in [9.17, 15) is 24.3 Å². The number of allylic oxidation sites excluding steroid dienone is 1. The lowest BCUT2D eigenvalue weighted by atomic mass is 10.0. The van der Waals surface area contributed by atoms with Crippen molar-refractivity contribution >= 4 is 35.5 Å². The van der Waals surface area contributed by atoms with Crippen molar-refractivity contribution in [3.05, 3.63) is 53.7 Å². The van der Waals surface area contributed by atoms with Gasteiger partial charge in [-0.1, -0.05) is 66.9 Å². The summed E-state index contributed by atoms with van der Waals surface area (Å²) in [6, 6.07) is 8.66. The van der Waals surface area contributed by atoms with E-state index in [2.05, 4.69) is 20.6 Å². The molecular weight excluding hydrogens is 614 g/mol. The van der Waals surface area contributed by atoms with Gasteiger partial charge in [-0.2, -0.15) is 4.98 Å². The maximum absolute atomic E-state index is 14.2. The number of alkyl carbamates (subject to hydrolysis) is 1. The normalized spacial score (nSPS) is 27.6. The predicted octanol–water partition coefficient (Wildman–Crippen LogP) is 4.52. The maximum Gasteiger partial charge on any atom is 0.408 e. The van der Waals surface area contributed by atoms with Gasteiger partial charge in [-0.05, 0) is 46.5 Å². The Kier molecular flexibility index (Phi) is 9.85. The van der Waals surface area contributed by atoms with Crippen molar-refractivity contribution < 1.29 is 33.8 Å². The lowest BCUT2D eigenvalue weighted by Gasteiger charge is -2.30. The topological polar surface area (TPSA) is 160 Å². The molecule has 0 unspecified atom stereocenters. The van der Waals surface area contributed by atoms with Crippen LogP contribution in [0.2, 0.25) is 5.15 Å². The maximum atomic E-state index is 14.2. The van der Waals surface area contributed by atoms with Gasteiger partial charge in [-0.25, -0.2) is 14.6 Å². The number of hydrogen-bond acceptors (Lipinski definition) is 8. The van der Waals surface area contributed by atoms with Crippen molar-refractivity contribution in [2.24, 2.45) is 5.92 Å². The summed E-state index contributed by atoms with van der Waals surface area (Å²) >= 11 is 6.31. The molecule has 3 aliphatic rings. The van der Waals surface area contributed by atoms with E-state index in [1.807, 2.05) is 42.5 Å². The molecule has 1 aromatic carbocycles. The molecule has 5 rings (SSSR count). The van der Waals surface area contributed by atoms with Crippen molar-refractivity contribution in [3.8, 4) is 17.3 Å². The molecule has 3 heterocycles. The summed E-state index contributed by atoms with van der Waals surface area (Å²) in [5.41, 5.74) is -1.50. The number of aromatic nitrogens is 2. The van der Waals surface area contributed by atoms with Gasteiger partial charge < -0.3 is 30.1 Å². The molecule has 3 N–H and O–H groups in total. The first kappa shape index (κ1) is 33.2. The smallest absolute Gasteiger partial charge is 0.408 e. The Hall–Kier alpha value is -4.19. The zero-order valence-electron chi connectivity index (χ0n) is 26.2. The summed E-state index contributed by atoms with van der Waals surface area (Å²) in [5.74, 6) is -2.04. The fraction of sp³-hybridized carbons (Fsp3) is 0.515. The van der Waals surface area contributed by atoms with Crippen LogP contribution in [-0.2, 0) is 19.1 Å². The van der Waals surface area contributed by atoms with E-state index < -0.39 is 53.2 Å². The van der Waals surface area contributed by atoms with Gasteiger partial charge in [-0.3, -0.25) is 9.59 Å². The SMILES string of the molecule is CC(C)(C)OC(=O)N[C@H]1CCCCC/C=C\[C@H]2C[C@@]2(C(=O)O)NC(=O)[C@@H]2C[C@@H](Oc3cc(Cl)nc(-c4ccccc4)n3)CN2C1=O. The van der Waals surface area contributed by atoms with Gasteiger partial charge in [0.05, 0.1) is 6.54 Å². The zero-order chi connectivity index (χ0) is 33.1. The third-order valence-electron chi connectivity index (χ3n) is 8.30. The number of carbonyl (C=O) groups excluding carboxylic acids is 3. The molecule has 0 bridgehead atoms. The van der Waals surface area contributed by atoms with Gasteiger partial charge in [0.2, 0.25) is 17.7 Å². The van der Waals surface area contributed by atoms with Crippen molar-refractivity contribution in [1.82, 2.24) is 25.5 Å². The van der Waals surface area contributed by atoms with E-state index in [1.165, 1.54) is 11.0 Å².